The number of rotatable bonds is 7. The second-order valence-electron chi connectivity index (χ2n) is 5.50. The summed E-state index contributed by atoms with van der Waals surface area (Å²) in [7, 11) is 0. The van der Waals surface area contributed by atoms with Crippen LogP contribution in [0.2, 0.25) is 0 Å². The fourth-order valence-electron chi connectivity index (χ4n) is 2.48. The number of aryl methyl sites for hydroxylation is 1. The van der Waals surface area contributed by atoms with E-state index in [2.05, 4.69) is 17.3 Å². The fraction of sp³-hybridized carbons (Fsp3) is 0.471. The molecule has 118 valence electrons. The summed E-state index contributed by atoms with van der Waals surface area (Å²) < 4.78 is 1.25. The number of carbonyl (C=O) groups excluding carboxylic acids is 1. The van der Waals surface area contributed by atoms with Gasteiger partial charge in [0, 0.05) is 11.9 Å². The summed E-state index contributed by atoms with van der Waals surface area (Å²) in [5, 5.41) is 8.53. The van der Waals surface area contributed by atoms with Crippen molar-refractivity contribution < 1.29 is 4.79 Å². The molecule has 1 N–H and O–H groups in total. The molecule has 0 radical (unpaired) electrons. The Morgan fingerprint density at radius 3 is 2.64 bits per heavy atom. The molecular weight excluding hydrogens is 278 g/mol. The molecule has 2 aromatic rings. The van der Waals surface area contributed by atoms with Crippen molar-refractivity contribution in [3.8, 4) is 0 Å². The Hall–Kier alpha value is -2.17. The van der Waals surface area contributed by atoms with Crippen molar-refractivity contribution in [2.75, 3.05) is 6.54 Å². The Morgan fingerprint density at radius 1 is 1.18 bits per heavy atom. The highest BCUT2D eigenvalue weighted by atomic mass is 16.2. The van der Waals surface area contributed by atoms with Crippen LogP contribution in [0.25, 0.3) is 10.8 Å². The summed E-state index contributed by atoms with van der Waals surface area (Å²) in [6.07, 6.45) is 4.44. The molecule has 0 aliphatic rings. The van der Waals surface area contributed by atoms with E-state index >= 15 is 0 Å². The first-order valence-electron chi connectivity index (χ1n) is 7.86. The molecule has 0 fully saturated rings. The second kappa shape index (κ2) is 7.73. The summed E-state index contributed by atoms with van der Waals surface area (Å²) in [5.41, 5.74) is 0.535. The van der Waals surface area contributed by atoms with Crippen LogP contribution in [0.1, 0.15) is 38.3 Å². The van der Waals surface area contributed by atoms with E-state index in [0.717, 1.165) is 23.9 Å². The van der Waals surface area contributed by atoms with E-state index in [0.29, 0.717) is 11.9 Å². The predicted molar refractivity (Wildman–Crippen MR) is 87.9 cm³/mol. The third-order valence-corrected chi connectivity index (χ3v) is 3.70. The Labute approximate surface area is 130 Å². The third kappa shape index (κ3) is 3.93. The maximum absolute atomic E-state index is 12.4. The van der Waals surface area contributed by atoms with Gasteiger partial charge in [-0.2, -0.15) is 5.10 Å². The highest BCUT2D eigenvalue weighted by Gasteiger charge is 2.10. The minimum atomic E-state index is -0.220. The Bertz CT molecular complexity index is 707. The standard InChI is InChI=1S/C17H23N3O2/c1-3-4-5-8-11-18-16(21)12-20-17(22)15-10-7-6-9-14(15)13(2)19-20/h6-7,9-10H,3-5,8,11-12H2,1-2H3,(H,18,21). The smallest absolute Gasteiger partial charge is 0.275 e. The molecule has 1 heterocycles. The SMILES string of the molecule is CCCCCCNC(=O)Cn1nc(C)c2ccccc2c1=O. The average molecular weight is 301 g/mol. The van der Waals surface area contributed by atoms with E-state index in [4.69, 9.17) is 0 Å². The Kier molecular flexibility index (Phi) is 5.69. The van der Waals surface area contributed by atoms with Crippen LogP contribution in [0, 0.1) is 6.92 Å². The molecule has 0 aliphatic heterocycles. The molecule has 1 amide bonds. The molecule has 1 aromatic carbocycles. The van der Waals surface area contributed by atoms with Crippen LogP contribution in [0.15, 0.2) is 29.1 Å². The van der Waals surface area contributed by atoms with Gasteiger partial charge < -0.3 is 5.32 Å². The number of nitrogens with one attached hydrogen (secondary N) is 1. The lowest BCUT2D eigenvalue weighted by Gasteiger charge is -2.09. The van der Waals surface area contributed by atoms with Gasteiger partial charge in [0.1, 0.15) is 6.54 Å². The molecule has 22 heavy (non-hydrogen) atoms. The summed E-state index contributed by atoms with van der Waals surface area (Å²) in [6.45, 7) is 4.62. The molecular formula is C17H23N3O2. The first-order chi connectivity index (χ1) is 10.6. The predicted octanol–water partition coefficient (Wildman–Crippen LogP) is 2.40. The van der Waals surface area contributed by atoms with Gasteiger partial charge in [0.25, 0.3) is 5.56 Å². The van der Waals surface area contributed by atoms with Crippen LogP contribution in [-0.2, 0) is 11.3 Å². The monoisotopic (exact) mass is 301 g/mol. The lowest BCUT2D eigenvalue weighted by atomic mass is 10.1. The minimum Gasteiger partial charge on any atom is -0.354 e. The van der Waals surface area contributed by atoms with Crippen LogP contribution in [0.4, 0.5) is 0 Å². The van der Waals surface area contributed by atoms with Gasteiger partial charge in [0.2, 0.25) is 5.91 Å². The topological polar surface area (TPSA) is 64.0 Å². The highest BCUT2D eigenvalue weighted by molar-refractivity contribution is 5.83. The summed E-state index contributed by atoms with van der Waals surface area (Å²) in [4.78, 5) is 24.3. The zero-order valence-corrected chi connectivity index (χ0v) is 13.3. The number of aromatic nitrogens is 2. The molecule has 5 nitrogen and oxygen atoms in total. The Balaban J connectivity index is 2.04. The van der Waals surface area contributed by atoms with Gasteiger partial charge in [-0.25, -0.2) is 4.68 Å². The van der Waals surface area contributed by atoms with E-state index in [1.807, 2.05) is 25.1 Å². The number of carbonyl (C=O) groups is 1. The van der Waals surface area contributed by atoms with E-state index in [9.17, 15) is 9.59 Å². The Morgan fingerprint density at radius 2 is 1.91 bits per heavy atom. The molecule has 5 heteroatoms. The highest BCUT2D eigenvalue weighted by Crippen LogP contribution is 2.11. The maximum Gasteiger partial charge on any atom is 0.275 e. The zero-order valence-electron chi connectivity index (χ0n) is 13.3. The molecule has 0 saturated carbocycles. The molecule has 0 unspecified atom stereocenters. The number of amides is 1. The lowest BCUT2D eigenvalue weighted by molar-refractivity contribution is -0.121. The summed E-state index contributed by atoms with van der Waals surface area (Å²) >= 11 is 0. The third-order valence-electron chi connectivity index (χ3n) is 3.70. The van der Waals surface area contributed by atoms with Gasteiger partial charge in [0.05, 0.1) is 11.1 Å². The van der Waals surface area contributed by atoms with Crippen LogP contribution in [0.5, 0.6) is 0 Å². The van der Waals surface area contributed by atoms with E-state index in [1.54, 1.807) is 6.07 Å². The maximum atomic E-state index is 12.4. The van der Waals surface area contributed by atoms with Crippen molar-refractivity contribution in [1.29, 1.82) is 0 Å². The fourth-order valence-corrected chi connectivity index (χ4v) is 2.48. The normalized spacial score (nSPS) is 10.8. The summed E-state index contributed by atoms with van der Waals surface area (Å²) in [5.74, 6) is -0.166. The number of hydrogen-bond donors (Lipinski definition) is 1. The van der Waals surface area contributed by atoms with E-state index in [1.165, 1.54) is 17.5 Å². The number of unbranched alkanes of at least 4 members (excludes halogenated alkanes) is 3. The molecule has 0 aliphatic carbocycles. The van der Waals surface area contributed by atoms with Gasteiger partial charge in [-0.3, -0.25) is 9.59 Å². The van der Waals surface area contributed by atoms with Crippen molar-refractivity contribution in [2.45, 2.75) is 46.1 Å². The first-order valence-corrected chi connectivity index (χ1v) is 7.86. The van der Waals surface area contributed by atoms with Gasteiger partial charge in [-0.05, 0) is 19.4 Å². The van der Waals surface area contributed by atoms with Crippen LogP contribution < -0.4 is 10.9 Å². The van der Waals surface area contributed by atoms with Gasteiger partial charge in [0.15, 0.2) is 0 Å². The number of benzene rings is 1. The number of fused-ring (bicyclic) bond motifs is 1. The molecule has 0 atom stereocenters. The van der Waals surface area contributed by atoms with Gasteiger partial charge in [-0.15, -0.1) is 0 Å². The van der Waals surface area contributed by atoms with Crippen molar-refractivity contribution in [1.82, 2.24) is 15.1 Å². The summed E-state index contributed by atoms with van der Waals surface area (Å²) in [6, 6.07) is 7.34. The first kappa shape index (κ1) is 16.2. The molecule has 1 aromatic heterocycles. The zero-order chi connectivity index (χ0) is 15.9. The molecule has 2 rings (SSSR count). The van der Waals surface area contributed by atoms with Crippen molar-refractivity contribution in [3.63, 3.8) is 0 Å². The minimum absolute atomic E-state index is 0.0295. The molecule has 0 spiro atoms. The average Bonchev–Trinajstić information content (AvgIpc) is 2.52. The van der Waals surface area contributed by atoms with E-state index < -0.39 is 0 Å². The second-order valence-corrected chi connectivity index (χ2v) is 5.50. The largest absolute Gasteiger partial charge is 0.354 e. The van der Waals surface area contributed by atoms with Crippen molar-refractivity contribution >= 4 is 16.7 Å². The van der Waals surface area contributed by atoms with Crippen LogP contribution >= 0.6 is 0 Å². The van der Waals surface area contributed by atoms with Crippen LogP contribution in [0.3, 0.4) is 0 Å². The lowest BCUT2D eigenvalue weighted by Crippen LogP contribution is -2.34. The number of hydrogen-bond acceptors (Lipinski definition) is 3. The van der Waals surface area contributed by atoms with E-state index in [-0.39, 0.29) is 18.0 Å². The molecule has 0 bridgehead atoms. The quantitative estimate of drug-likeness (QED) is 0.799. The van der Waals surface area contributed by atoms with Crippen molar-refractivity contribution in [2.24, 2.45) is 0 Å². The molecule has 0 saturated heterocycles. The number of nitrogens with zero attached hydrogens (tertiary/aromatic N) is 2. The van der Waals surface area contributed by atoms with Gasteiger partial charge in [-0.1, -0.05) is 44.4 Å². The van der Waals surface area contributed by atoms with Crippen LogP contribution in [-0.4, -0.2) is 22.2 Å². The van der Waals surface area contributed by atoms with Gasteiger partial charge >= 0.3 is 0 Å². The van der Waals surface area contributed by atoms with Crippen molar-refractivity contribution in [3.05, 3.63) is 40.3 Å².